The number of aromatic hydroxyl groups is 2. The van der Waals surface area contributed by atoms with Crippen LogP contribution in [0.3, 0.4) is 0 Å². The van der Waals surface area contributed by atoms with Crippen LogP contribution in [0.4, 0.5) is 0 Å². The van der Waals surface area contributed by atoms with Crippen LogP contribution in [-0.2, 0) is 83.1 Å². The summed E-state index contributed by atoms with van der Waals surface area (Å²) in [5.41, 5.74) is 33.2. The summed E-state index contributed by atoms with van der Waals surface area (Å²) in [6.07, 6.45) is 9.08. The molecule has 3 aromatic carbocycles. The number of β-lactam (4-membered cyclic amide) rings is 4. The first-order valence-electron chi connectivity index (χ1n) is 42.1. The summed E-state index contributed by atoms with van der Waals surface area (Å²) < 4.78 is 7.18. The molecule has 0 spiro atoms. The molecule has 9 aliphatic heterocycles. The van der Waals surface area contributed by atoms with Crippen LogP contribution in [0, 0.1) is 46.5 Å². The van der Waals surface area contributed by atoms with E-state index in [0.717, 1.165) is 44.7 Å². The lowest BCUT2D eigenvalue weighted by molar-refractivity contribution is -0.786. The SMILES string of the molecule is CC(N)=NCCC[C@H](NC(=O)[C@@H]1CC(=O)N1)C(=O)N1CCC[C@H]1C(N)=O.Cc1c(C)c2c(c(C)c1O)C(CC[C@H](NC(=O)[C@@H]1CC(=O)N1)C(=O)C1CCC[C@H]1C(N)=O)C(C)(C)O2.Cc1cc(C[C@H](NC(=O)[C@@H]2CC(=O)N2)C(=O)N2CCC[C@H]2C(N)=O)cc(C)c1O.NC(=O)[C@@H]1CCCN1C(=O)[C@H](CCC1C(=O)c2ccccc2C=[N+]1O)NC(=O)[C@@H]1CC(=O)N1. The topological polar surface area (TPSA) is 612 Å². The zero-order valence-electron chi connectivity index (χ0n) is 71.0. The van der Waals surface area contributed by atoms with Gasteiger partial charge in [-0.2, -0.15) is 0 Å². The fraction of sp³-hybridized carbons (Fsp3) is 0.565. The highest BCUT2D eigenvalue weighted by molar-refractivity contribution is 6.08. The van der Waals surface area contributed by atoms with E-state index >= 15 is 0 Å². The molecule has 124 heavy (non-hydrogen) atoms. The van der Waals surface area contributed by atoms with Gasteiger partial charge in [0.25, 0.3) is 6.04 Å². The van der Waals surface area contributed by atoms with Crippen molar-refractivity contribution >= 4 is 112 Å². The summed E-state index contributed by atoms with van der Waals surface area (Å²) in [6.45, 7) is 16.4. The third-order valence-electron chi connectivity index (χ3n) is 24.9. The second-order valence-electron chi connectivity index (χ2n) is 34.1. The molecule has 3 unspecified atom stereocenters. The summed E-state index contributed by atoms with van der Waals surface area (Å²) in [5.74, 6) is -6.07. The maximum Gasteiger partial charge on any atom is 0.264 e. The Morgan fingerprint density at radius 2 is 0.960 bits per heavy atom. The molecule has 39 nitrogen and oxygen atoms in total. The summed E-state index contributed by atoms with van der Waals surface area (Å²) in [5, 5.41) is 52.0. The van der Waals surface area contributed by atoms with Gasteiger partial charge in [-0.05, 0) is 183 Å². The third kappa shape index (κ3) is 21.9. The predicted molar refractivity (Wildman–Crippen MR) is 443 cm³/mol. The van der Waals surface area contributed by atoms with Gasteiger partial charge in [0, 0.05) is 67.9 Å². The van der Waals surface area contributed by atoms with Crippen LogP contribution < -0.4 is 75.9 Å². The predicted octanol–water partition coefficient (Wildman–Crippen LogP) is -1.71. The molecule has 0 aromatic heterocycles. The smallest absolute Gasteiger partial charge is 0.264 e. The number of aliphatic imine (C=N–C) groups is 1. The number of fused-ring (bicyclic) bond motifs is 2. The number of ketones is 2. The Morgan fingerprint density at radius 1 is 0.540 bits per heavy atom. The maximum atomic E-state index is 13.6. The van der Waals surface area contributed by atoms with E-state index in [9.17, 15) is 96.9 Å². The number of hydroxylamine groups is 1. The number of primary amides is 4. The number of ether oxygens (including phenoxy) is 1. The molecule has 1 aliphatic carbocycles. The van der Waals surface area contributed by atoms with E-state index in [1.807, 2.05) is 34.6 Å². The van der Waals surface area contributed by atoms with Gasteiger partial charge in [0.05, 0.1) is 43.1 Å². The Morgan fingerprint density at radius 3 is 1.40 bits per heavy atom. The minimum atomic E-state index is -1.05. The number of nitrogens with zero attached hydrogens (tertiary/aromatic N) is 5. The maximum absolute atomic E-state index is 13.6. The molecule has 3 aromatic rings. The highest BCUT2D eigenvalue weighted by Gasteiger charge is 2.49. The fourth-order valence-electron chi connectivity index (χ4n) is 17.7. The van der Waals surface area contributed by atoms with Crippen LogP contribution in [0.5, 0.6) is 17.2 Å². The first-order valence-corrected chi connectivity index (χ1v) is 42.1. The standard InChI is InChI=1S/C27H37N3O6.C22H25N5O6.C20H26N4O5.C16H26N6O4/c1-12-13(2)24-21(14(3)22(12)32)17(27(4,5)36-24)9-10-18(30-26(35)19-11-20(31)29-19)23(33)15-7-6-8-16(15)25(28)34;23-20(30)17-6-3-9-26(17)22(32)14(25-21(31)15-10-18(28)24-15)7-8-16-19(29)13-5-2-1-4-12(13)11-27(16)33;1-10-6-12(7-11(2)17(10)26)8-14(23-19(28)13-9-16(25)22-13)20(29)24-5-3-4-15(24)18(21)27;1-9(17)19-6-2-4-10(21-15(25)11-8-13(23)20-11)16(26)22-7-3-5-12(22)14(18)24/h15-19,32H,6-11H2,1-5H3,(H2,28,34)(H,29,31)(H,30,35);1-2,4-5,11,14-17H,3,6-10H2,(H4-,23,24,25,28,29,30,31,33);6-7,13-15,26H,3-5,8-9H2,1-2H3,(H2,21,27)(H,22,25)(H,23,28);10-12H,2-8H2,1H3,(H2,17,19)(H2,18,24)(H,20,23)(H,21,25)/p+1/t15?,16-,17?,18+,19+;14-,15-,16?,17-;13-,14-,15-;10-,11-,12-/m1000/s1. The molecule has 39 heteroatoms. The number of aryl methyl sites for hydroxylation is 2. The lowest BCUT2D eigenvalue weighted by atomic mass is 9.78. The largest absolute Gasteiger partial charge is 0.507 e. The molecule has 21 N–H and O–H groups in total. The van der Waals surface area contributed by atoms with Crippen molar-refractivity contribution in [3.63, 3.8) is 0 Å². The Labute approximate surface area is 716 Å². The molecule has 15 atom stereocenters. The number of amidine groups is 1. The van der Waals surface area contributed by atoms with E-state index in [1.165, 1.54) is 20.9 Å². The molecule has 670 valence electrons. The van der Waals surface area contributed by atoms with Gasteiger partial charge >= 0.3 is 0 Å². The molecule has 9 heterocycles. The number of amides is 15. The van der Waals surface area contributed by atoms with Crippen molar-refractivity contribution in [3.05, 3.63) is 86.5 Å². The lowest BCUT2D eigenvalue weighted by Crippen LogP contribution is -2.61. The minimum Gasteiger partial charge on any atom is -0.507 e. The first-order chi connectivity index (χ1) is 58.5. The Balaban J connectivity index is 0.000000174. The van der Waals surface area contributed by atoms with E-state index in [0.29, 0.717) is 131 Å². The number of hydrogen-bond acceptors (Lipinski definition) is 22. The summed E-state index contributed by atoms with van der Waals surface area (Å²) in [7, 11) is 0. The van der Waals surface area contributed by atoms with Crippen LogP contribution >= 0.6 is 0 Å². The first kappa shape index (κ1) is 93.7. The highest BCUT2D eigenvalue weighted by atomic mass is 16.5. The van der Waals surface area contributed by atoms with Gasteiger partial charge in [-0.3, -0.25) is 91.7 Å². The van der Waals surface area contributed by atoms with Crippen LogP contribution in [0.15, 0.2) is 41.4 Å². The van der Waals surface area contributed by atoms with Crippen LogP contribution in [0.1, 0.15) is 204 Å². The number of benzene rings is 3. The number of nitrogens with one attached hydrogen (secondary N) is 8. The molecular weight excluding hydrogens is 1610 g/mol. The average molecular weight is 1720 g/mol. The van der Waals surface area contributed by atoms with Crippen molar-refractivity contribution in [2.75, 3.05) is 26.2 Å². The van der Waals surface area contributed by atoms with Gasteiger partial charge < -0.3 is 101 Å². The van der Waals surface area contributed by atoms with Crippen molar-refractivity contribution in [2.45, 2.75) is 268 Å². The average Bonchev–Trinajstić information content (AvgIpc) is 1.58. The third-order valence-corrected chi connectivity index (χ3v) is 24.9. The summed E-state index contributed by atoms with van der Waals surface area (Å²) >= 11 is 0. The van der Waals surface area contributed by atoms with Gasteiger partial charge in [0.2, 0.25) is 101 Å². The quantitative estimate of drug-likeness (QED) is 0.00919. The van der Waals surface area contributed by atoms with E-state index in [1.54, 1.807) is 57.2 Å². The normalized spacial score (nSPS) is 24.5. The number of nitrogens with two attached hydrogens (primary N) is 5. The van der Waals surface area contributed by atoms with Crippen LogP contribution in [0.2, 0.25) is 0 Å². The molecule has 0 radical (unpaired) electrons. The van der Waals surface area contributed by atoms with Crippen LogP contribution in [0.25, 0.3) is 0 Å². The van der Waals surface area contributed by atoms with Crippen molar-refractivity contribution in [1.29, 1.82) is 0 Å². The number of rotatable bonds is 29. The number of likely N-dealkylation sites (tertiary alicyclic amines) is 3. The molecule has 0 bridgehead atoms. The number of hydrogen-bond donors (Lipinski definition) is 16. The fourth-order valence-corrected chi connectivity index (χ4v) is 17.7. The molecular formula is C85H115N18O21+. The number of carbonyl (C=O) groups is 17. The molecule has 1 saturated carbocycles. The van der Waals surface area contributed by atoms with Crippen molar-refractivity contribution in [3.8, 4) is 17.2 Å². The van der Waals surface area contributed by atoms with Gasteiger partial charge in [-0.1, -0.05) is 36.8 Å². The molecule has 10 aliphatic rings. The Kier molecular flexibility index (Phi) is 30.3. The monoisotopic (exact) mass is 1720 g/mol. The van der Waals surface area contributed by atoms with E-state index in [4.69, 9.17) is 33.4 Å². The van der Waals surface area contributed by atoms with Gasteiger partial charge in [0.15, 0.2) is 5.78 Å². The Bertz CT molecular complexity index is 4770. The highest BCUT2D eigenvalue weighted by Crippen LogP contribution is 2.53. The van der Waals surface area contributed by atoms with E-state index < -0.39 is 143 Å². The molecule has 7 saturated heterocycles. The molecule has 8 fully saturated rings. The van der Waals surface area contributed by atoms with Crippen molar-refractivity contribution < 1.29 is 106 Å². The van der Waals surface area contributed by atoms with Crippen molar-refractivity contribution in [1.82, 2.24) is 57.2 Å². The number of phenolic OH excluding ortho intramolecular Hbond substituents is 2. The van der Waals surface area contributed by atoms with Gasteiger partial charge in [-0.25, -0.2) is 0 Å². The lowest BCUT2D eigenvalue weighted by Gasteiger charge is -2.31. The number of phenols is 2. The number of Topliss-reactive ketones (excluding diaryl/α,β-unsaturated/α-hetero) is 2. The number of carbonyl (C=O) groups excluding carboxylic acids is 17. The molecule has 13 rings (SSSR count). The minimum absolute atomic E-state index is 0.0254. The zero-order valence-corrected chi connectivity index (χ0v) is 71.0. The summed E-state index contributed by atoms with van der Waals surface area (Å²) in [4.78, 5) is 216. The van der Waals surface area contributed by atoms with Gasteiger partial charge in [0.1, 0.15) is 83.3 Å². The Hall–Kier alpha value is -12.6. The summed E-state index contributed by atoms with van der Waals surface area (Å²) in [6, 6.07) is 1.12. The van der Waals surface area contributed by atoms with E-state index in [-0.39, 0.29) is 109 Å². The van der Waals surface area contributed by atoms with Crippen molar-refractivity contribution in [2.24, 2.45) is 45.5 Å². The molecule has 15 amide bonds. The second kappa shape index (κ2) is 40.1. The van der Waals surface area contributed by atoms with Gasteiger partial charge in [-0.15, -0.1) is 0 Å². The van der Waals surface area contributed by atoms with E-state index in [2.05, 4.69) is 47.5 Å². The van der Waals surface area contributed by atoms with Crippen LogP contribution in [-0.4, -0.2) is 251 Å². The second-order valence-corrected chi connectivity index (χ2v) is 34.1. The zero-order chi connectivity index (χ0) is 90.8.